The third-order valence-corrected chi connectivity index (χ3v) is 4.25. The molecule has 2 aliphatic heterocycles. The van der Waals surface area contributed by atoms with Crippen molar-refractivity contribution >= 4 is 0 Å². The summed E-state index contributed by atoms with van der Waals surface area (Å²) in [4.78, 5) is 4.43. The van der Waals surface area contributed by atoms with Crippen LogP contribution in [0.3, 0.4) is 0 Å². The highest BCUT2D eigenvalue weighted by atomic mass is 16.7. The fraction of sp³-hybridized carbons (Fsp3) is 0.263. The summed E-state index contributed by atoms with van der Waals surface area (Å²) in [6, 6.07) is 11.1. The molecule has 0 unspecified atom stereocenters. The molecule has 8 nitrogen and oxygen atoms in total. The van der Waals surface area contributed by atoms with Crippen molar-refractivity contribution in [2.45, 2.75) is 12.8 Å². The Kier molecular flexibility index (Phi) is 3.93. The Bertz CT molecular complexity index is 971. The summed E-state index contributed by atoms with van der Waals surface area (Å²) in [6.45, 7) is 1.02. The molecule has 0 N–H and O–H groups in total. The van der Waals surface area contributed by atoms with Crippen LogP contribution in [0.15, 0.2) is 40.9 Å². The summed E-state index contributed by atoms with van der Waals surface area (Å²) in [5.41, 5.74) is 0.825. The van der Waals surface area contributed by atoms with Crippen molar-refractivity contribution in [1.82, 2.24) is 10.1 Å². The summed E-state index contributed by atoms with van der Waals surface area (Å²) in [5.74, 6) is 4.70. The third-order valence-electron chi connectivity index (χ3n) is 4.25. The standard InChI is InChI=1S/C19H16N2O6/c1(7-22-13-4-6-15-17(9-13)26-11-24-15)2-18-20-19(21-27-18)12-3-5-14-16(8-12)25-10-23-14/h3-6,8-9H,1-2,7,10-11H2. The predicted octanol–water partition coefficient (Wildman–Crippen LogP) is 3.21. The number of ether oxygens (including phenoxy) is 5. The first kappa shape index (κ1) is 15.8. The van der Waals surface area contributed by atoms with Crippen molar-refractivity contribution in [3.63, 3.8) is 0 Å². The van der Waals surface area contributed by atoms with Gasteiger partial charge in [0, 0.05) is 18.1 Å². The lowest BCUT2D eigenvalue weighted by Gasteiger charge is -2.05. The minimum absolute atomic E-state index is 0.236. The van der Waals surface area contributed by atoms with E-state index < -0.39 is 0 Å². The van der Waals surface area contributed by atoms with Gasteiger partial charge in [-0.3, -0.25) is 0 Å². The van der Waals surface area contributed by atoms with Crippen LogP contribution in [0.2, 0.25) is 0 Å². The number of aryl methyl sites for hydroxylation is 1. The first-order chi connectivity index (χ1) is 13.3. The number of aromatic nitrogens is 2. The summed E-state index contributed by atoms with van der Waals surface area (Å²) < 4.78 is 32.4. The van der Waals surface area contributed by atoms with E-state index in [1.54, 1.807) is 0 Å². The van der Waals surface area contributed by atoms with Crippen molar-refractivity contribution < 1.29 is 28.2 Å². The van der Waals surface area contributed by atoms with Gasteiger partial charge in [-0.25, -0.2) is 0 Å². The second kappa shape index (κ2) is 6.71. The zero-order chi connectivity index (χ0) is 18.1. The van der Waals surface area contributed by atoms with E-state index in [0.29, 0.717) is 36.2 Å². The lowest BCUT2D eigenvalue weighted by Crippen LogP contribution is -1.99. The van der Waals surface area contributed by atoms with Gasteiger partial charge in [0.25, 0.3) is 0 Å². The molecule has 8 heteroatoms. The Morgan fingerprint density at radius 3 is 2.44 bits per heavy atom. The average Bonchev–Trinajstić information content (AvgIpc) is 3.44. The van der Waals surface area contributed by atoms with Crippen LogP contribution >= 0.6 is 0 Å². The Hall–Kier alpha value is -3.42. The Morgan fingerprint density at radius 1 is 0.852 bits per heavy atom. The molecule has 3 aromatic rings. The number of benzene rings is 2. The molecule has 0 aliphatic carbocycles. The molecule has 3 heterocycles. The maximum absolute atomic E-state index is 5.74. The SMILES string of the molecule is c1cc2c(cc1OCCCc1nc(-c3ccc4c(c3)OCO4)no1)OCO2. The molecule has 0 saturated carbocycles. The highest BCUT2D eigenvalue weighted by molar-refractivity contribution is 5.61. The molecule has 2 aliphatic rings. The molecule has 0 amide bonds. The minimum atomic E-state index is 0.236. The predicted molar refractivity (Wildman–Crippen MR) is 92.2 cm³/mol. The van der Waals surface area contributed by atoms with E-state index >= 15 is 0 Å². The average molecular weight is 368 g/mol. The van der Waals surface area contributed by atoms with Crippen molar-refractivity contribution in [2.75, 3.05) is 20.2 Å². The highest BCUT2D eigenvalue weighted by Gasteiger charge is 2.17. The molecule has 0 bridgehead atoms. The summed E-state index contributed by atoms with van der Waals surface area (Å²) in [5, 5.41) is 4.03. The van der Waals surface area contributed by atoms with Crippen molar-refractivity contribution in [2.24, 2.45) is 0 Å². The fourth-order valence-electron chi connectivity index (χ4n) is 2.89. The summed E-state index contributed by atoms with van der Waals surface area (Å²) in [6.07, 6.45) is 1.37. The summed E-state index contributed by atoms with van der Waals surface area (Å²) >= 11 is 0. The molecule has 1 aromatic heterocycles. The first-order valence-electron chi connectivity index (χ1n) is 8.60. The molecule has 0 spiro atoms. The molecule has 0 radical (unpaired) electrons. The third kappa shape index (κ3) is 3.21. The number of hydrogen-bond acceptors (Lipinski definition) is 8. The topological polar surface area (TPSA) is 85.1 Å². The van der Waals surface area contributed by atoms with Gasteiger partial charge in [0.15, 0.2) is 23.0 Å². The molecule has 138 valence electrons. The van der Waals surface area contributed by atoms with Crippen LogP contribution in [0.1, 0.15) is 12.3 Å². The smallest absolute Gasteiger partial charge is 0.231 e. The number of fused-ring (bicyclic) bond motifs is 2. The first-order valence-corrected chi connectivity index (χ1v) is 8.60. The molecule has 0 atom stereocenters. The Labute approximate surface area is 154 Å². The maximum atomic E-state index is 5.74. The van der Waals surface area contributed by atoms with Crippen molar-refractivity contribution in [3.8, 4) is 40.1 Å². The van der Waals surface area contributed by atoms with Crippen LogP contribution in [0, 0.1) is 0 Å². The lowest BCUT2D eigenvalue weighted by molar-refractivity contribution is 0.173. The van der Waals surface area contributed by atoms with Crippen LogP contribution in [0.5, 0.6) is 28.7 Å². The molecule has 0 saturated heterocycles. The largest absolute Gasteiger partial charge is 0.493 e. The van der Waals surface area contributed by atoms with Crippen LogP contribution in [0.4, 0.5) is 0 Å². The van der Waals surface area contributed by atoms with E-state index in [4.69, 9.17) is 28.2 Å². The van der Waals surface area contributed by atoms with Gasteiger partial charge in [-0.2, -0.15) is 4.98 Å². The minimum Gasteiger partial charge on any atom is -0.493 e. The zero-order valence-electron chi connectivity index (χ0n) is 14.3. The van der Waals surface area contributed by atoms with Gasteiger partial charge in [-0.05, 0) is 36.8 Å². The van der Waals surface area contributed by atoms with E-state index in [0.717, 1.165) is 29.2 Å². The van der Waals surface area contributed by atoms with Gasteiger partial charge in [-0.15, -0.1) is 0 Å². The molecule has 2 aromatic carbocycles. The van der Waals surface area contributed by atoms with Crippen LogP contribution < -0.4 is 23.7 Å². The van der Waals surface area contributed by atoms with E-state index in [2.05, 4.69) is 10.1 Å². The monoisotopic (exact) mass is 368 g/mol. The number of rotatable bonds is 6. The molecular formula is C19H16N2O6. The quantitative estimate of drug-likeness (QED) is 0.613. The highest BCUT2D eigenvalue weighted by Crippen LogP contribution is 2.36. The van der Waals surface area contributed by atoms with Gasteiger partial charge < -0.3 is 28.2 Å². The van der Waals surface area contributed by atoms with Gasteiger partial charge >= 0.3 is 0 Å². The van der Waals surface area contributed by atoms with Gasteiger partial charge in [0.1, 0.15) is 5.75 Å². The number of nitrogens with zero attached hydrogens (tertiary/aromatic N) is 2. The van der Waals surface area contributed by atoms with E-state index in [1.807, 2.05) is 36.4 Å². The van der Waals surface area contributed by atoms with Crippen LogP contribution in [-0.4, -0.2) is 30.3 Å². The van der Waals surface area contributed by atoms with E-state index in [1.165, 1.54) is 0 Å². The molecule has 5 rings (SSSR count). The van der Waals surface area contributed by atoms with Crippen LogP contribution in [0.25, 0.3) is 11.4 Å². The van der Waals surface area contributed by atoms with E-state index in [9.17, 15) is 0 Å². The second-order valence-electron chi connectivity index (χ2n) is 6.05. The maximum Gasteiger partial charge on any atom is 0.231 e. The van der Waals surface area contributed by atoms with Gasteiger partial charge in [0.2, 0.25) is 25.3 Å². The fourth-order valence-corrected chi connectivity index (χ4v) is 2.89. The molecule has 27 heavy (non-hydrogen) atoms. The second-order valence-corrected chi connectivity index (χ2v) is 6.05. The molecular weight excluding hydrogens is 352 g/mol. The van der Waals surface area contributed by atoms with Gasteiger partial charge in [0.05, 0.1) is 6.61 Å². The van der Waals surface area contributed by atoms with Crippen LogP contribution in [-0.2, 0) is 6.42 Å². The summed E-state index contributed by atoms with van der Waals surface area (Å²) in [7, 11) is 0. The Morgan fingerprint density at radius 2 is 1.59 bits per heavy atom. The normalized spacial score (nSPS) is 13.8. The lowest BCUT2D eigenvalue weighted by atomic mass is 10.2. The van der Waals surface area contributed by atoms with Gasteiger partial charge in [-0.1, -0.05) is 5.16 Å². The molecule has 0 fully saturated rings. The van der Waals surface area contributed by atoms with Crippen molar-refractivity contribution in [1.29, 1.82) is 0 Å². The van der Waals surface area contributed by atoms with E-state index in [-0.39, 0.29) is 13.6 Å². The zero-order valence-corrected chi connectivity index (χ0v) is 14.3. The van der Waals surface area contributed by atoms with Crippen molar-refractivity contribution in [3.05, 3.63) is 42.3 Å². The number of hydrogen-bond donors (Lipinski definition) is 0. The Balaban J connectivity index is 1.16.